The minimum atomic E-state index is 0.170. The molecule has 0 aliphatic carbocycles. The van der Waals surface area contributed by atoms with Gasteiger partial charge < -0.3 is 0 Å². The molecule has 0 radical (unpaired) electrons. The summed E-state index contributed by atoms with van der Waals surface area (Å²) in [5.41, 5.74) is 0. The molecule has 0 N–H and O–H groups in total. The van der Waals surface area contributed by atoms with Gasteiger partial charge in [0.05, 0.1) is 0 Å². The van der Waals surface area contributed by atoms with Crippen molar-refractivity contribution in [3.05, 3.63) is 0 Å². The van der Waals surface area contributed by atoms with Crippen molar-refractivity contribution in [3.8, 4) is 0 Å². The van der Waals surface area contributed by atoms with E-state index >= 15 is 0 Å². The Bertz CT molecular complexity index is 202. The van der Waals surface area contributed by atoms with Crippen molar-refractivity contribution in [1.82, 2.24) is 9.80 Å². The fraction of sp³-hybridized carbons (Fsp3) is 1.00. The SMILES string of the molecule is CCCC([O][Co][O]C(CCC)N(CC)CC)N(CC)CC. The van der Waals surface area contributed by atoms with E-state index in [0.29, 0.717) is 15.3 Å². The zero-order valence-corrected chi connectivity index (χ0v) is 15.9. The summed E-state index contributed by atoms with van der Waals surface area (Å²) in [7, 11) is 0. The molecule has 0 aromatic rings. The fourth-order valence-electron chi connectivity index (χ4n) is 2.39. The monoisotopic (exact) mass is 347 g/mol. The molecular formula is C16H36CoN2O2. The Hall–Kier alpha value is 0.346. The molecule has 0 spiro atoms. The van der Waals surface area contributed by atoms with Gasteiger partial charge in [-0.1, -0.05) is 0 Å². The standard InChI is InChI=1S/2C8H18NO.Co/c2*1-4-7-8(10)9(5-2)6-3;/h2*8H,4-7H2,1-3H3;/q2*-1;+2. The first-order chi connectivity index (χ1) is 10.2. The first-order valence-electron chi connectivity index (χ1n) is 8.58. The van der Waals surface area contributed by atoms with Gasteiger partial charge in [-0.05, 0) is 0 Å². The third kappa shape index (κ3) is 8.52. The normalized spacial score (nSPS) is 15.0. The number of nitrogens with zero attached hydrogens (tertiary/aromatic N) is 2. The minimum absolute atomic E-state index is 0.170. The molecule has 0 fully saturated rings. The molecule has 0 saturated heterocycles. The van der Waals surface area contributed by atoms with Crippen molar-refractivity contribution in [1.29, 1.82) is 0 Å². The average molecular weight is 347 g/mol. The second kappa shape index (κ2) is 14.0. The Labute approximate surface area is 139 Å². The Morgan fingerprint density at radius 3 is 1.24 bits per heavy atom. The van der Waals surface area contributed by atoms with Crippen LogP contribution in [0.25, 0.3) is 0 Å². The van der Waals surface area contributed by atoms with Crippen molar-refractivity contribution in [2.45, 2.75) is 79.7 Å². The quantitative estimate of drug-likeness (QED) is 0.445. The molecule has 0 amide bonds. The van der Waals surface area contributed by atoms with Crippen molar-refractivity contribution in [3.63, 3.8) is 0 Å². The van der Waals surface area contributed by atoms with Gasteiger partial charge in [0.2, 0.25) is 0 Å². The predicted molar refractivity (Wildman–Crippen MR) is 85.4 cm³/mol. The van der Waals surface area contributed by atoms with Crippen LogP contribution in [0.5, 0.6) is 0 Å². The molecule has 21 heavy (non-hydrogen) atoms. The average Bonchev–Trinajstić information content (AvgIpc) is 2.49. The van der Waals surface area contributed by atoms with E-state index in [0.717, 1.165) is 51.9 Å². The number of hydrogen-bond acceptors (Lipinski definition) is 4. The predicted octanol–water partition coefficient (Wildman–Crippen LogP) is 3.87. The molecule has 0 bridgehead atoms. The van der Waals surface area contributed by atoms with Gasteiger partial charge in [-0.25, -0.2) is 0 Å². The molecule has 0 aliphatic rings. The maximum atomic E-state index is 5.99. The van der Waals surface area contributed by atoms with Crippen LogP contribution in [0.3, 0.4) is 0 Å². The van der Waals surface area contributed by atoms with Crippen molar-refractivity contribution in [2.24, 2.45) is 0 Å². The number of rotatable bonds is 14. The molecule has 5 heteroatoms. The molecule has 2 atom stereocenters. The van der Waals surface area contributed by atoms with Gasteiger partial charge in [-0.15, -0.1) is 0 Å². The molecule has 0 aliphatic heterocycles. The molecule has 0 heterocycles. The molecule has 4 nitrogen and oxygen atoms in total. The van der Waals surface area contributed by atoms with Crippen LogP contribution < -0.4 is 0 Å². The van der Waals surface area contributed by atoms with Crippen LogP contribution >= 0.6 is 0 Å². The zero-order chi connectivity index (χ0) is 16.1. The summed E-state index contributed by atoms with van der Waals surface area (Å²) in [6, 6.07) is 0. The van der Waals surface area contributed by atoms with Gasteiger partial charge in [0.25, 0.3) is 0 Å². The molecule has 2 unspecified atom stereocenters. The summed E-state index contributed by atoms with van der Waals surface area (Å²) >= 11 is 0.689. The van der Waals surface area contributed by atoms with E-state index in [1.807, 2.05) is 0 Å². The van der Waals surface area contributed by atoms with Crippen molar-refractivity contribution < 1.29 is 23.0 Å². The van der Waals surface area contributed by atoms with E-state index in [4.69, 9.17) is 7.70 Å². The Kier molecular flexibility index (Phi) is 14.2. The summed E-state index contributed by atoms with van der Waals surface area (Å²) in [6.07, 6.45) is 4.71. The van der Waals surface area contributed by atoms with Crippen molar-refractivity contribution >= 4 is 0 Å². The van der Waals surface area contributed by atoms with E-state index in [1.54, 1.807) is 0 Å². The fourth-order valence-corrected chi connectivity index (χ4v) is 3.24. The van der Waals surface area contributed by atoms with Crippen LogP contribution in [-0.2, 0) is 23.0 Å². The van der Waals surface area contributed by atoms with E-state index in [2.05, 4.69) is 51.3 Å². The molecule has 0 aromatic carbocycles. The molecule has 0 rings (SSSR count). The maximum absolute atomic E-state index is 5.99. The second-order valence-electron chi connectivity index (χ2n) is 5.14. The summed E-state index contributed by atoms with van der Waals surface area (Å²) in [4.78, 5) is 4.70. The van der Waals surface area contributed by atoms with Gasteiger partial charge in [0, 0.05) is 0 Å². The topological polar surface area (TPSA) is 24.9 Å². The molecule has 0 aromatic heterocycles. The van der Waals surface area contributed by atoms with E-state index in [1.165, 1.54) is 0 Å². The van der Waals surface area contributed by atoms with Gasteiger partial charge in [-0.2, -0.15) is 0 Å². The van der Waals surface area contributed by atoms with Gasteiger partial charge in [-0.3, -0.25) is 0 Å². The van der Waals surface area contributed by atoms with E-state index < -0.39 is 0 Å². The van der Waals surface area contributed by atoms with Gasteiger partial charge in [0.15, 0.2) is 0 Å². The molecule has 131 valence electrons. The van der Waals surface area contributed by atoms with Crippen LogP contribution in [0.4, 0.5) is 0 Å². The van der Waals surface area contributed by atoms with Gasteiger partial charge in [0.1, 0.15) is 0 Å². The van der Waals surface area contributed by atoms with Crippen molar-refractivity contribution in [2.75, 3.05) is 26.2 Å². The summed E-state index contributed by atoms with van der Waals surface area (Å²) in [5, 5.41) is 0. The van der Waals surface area contributed by atoms with Gasteiger partial charge >= 0.3 is 139 Å². The Morgan fingerprint density at radius 1 is 0.667 bits per heavy atom. The number of hydrogen-bond donors (Lipinski definition) is 0. The van der Waals surface area contributed by atoms with Crippen LogP contribution in [0, 0.1) is 0 Å². The summed E-state index contributed by atoms with van der Waals surface area (Å²) in [5.74, 6) is 0. The first-order valence-corrected chi connectivity index (χ1v) is 9.43. The zero-order valence-electron chi connectivity index (χ0n) is 14.9. The van der Waals surface area contributed by atoms with Crippen LogP contribution in [-0.4, -0.2) is 48.4 Å². The Morgan fingerprint density at radius 2 is 1.00 bits per heavy atom. The summed E-state index contributed by atoms with van der Waals surface area (Å²) in [6.45, 7) is 17.2. The second-order valence-corrected chi connectivity index (χ2v) is 5.81. The molecular weight excluding hydrogens is 311 g/mol. The van der Waals surface area contributed by atoms with Crippen LogP contribution in [0.2, 0.25) is 0 Å². The van der Waals surface area contributed by atoms with E-state index in [-0.39, 0.29) is 12.5 Å². The third-order valence-corrected chi connectivity index (χ3v) is 4.52. The Balaban J connectivity index is 4.36. The first kappa shape index (κ1) is 21.3. The van der Waals surface area contributed by atoms with E-state index in [9.17, 15) is 0 Å². The molecule has 0 saturated carbocycles. The van der Waals surface area contributed by atoms with Crippen LogP contribution in [0.15, 0.2) is 0 Å². The van der Waals surface area contributed by atoms with Crippen LogP contribution in [0.1, 0.15) is 67.2 Å². The summed E-state index contributed by atoms with van der Waals surface area (Å²) < 4.78 is 12.0. The third-order valence-electron chi connectivity index (χ3n) is 3.76.